The van der Waals surface area contributed by atoms with E-state index in [0.29, 0.717) is 12.5 Å². The number of unbranched alkanes of at least 4 members (excludes halogenated alkanes) is 1. The second kappa shape index (κ2) is 17.5. The van der Waals surface area contributed by atoms with Crippen molar-refractivity contribution in [3.8, 4) is 0 Å². The lowest BCUT2D eigenvalue weighted by atomic mass is 10.4. The fourth-order valence-corrected chi connectivity index (χ4v) is 1.44. The number of halogens is 1. The minimum absolute atomic E-state index is 0. The minimum Gasteiger partial charge on any atom is -0.381 e. The van der Waals surface area contributed by atoms with Crippen LogP contribution in [-0.4, -0.2) is 51.8 Å². The van der Waals surface area contributed by atoms with Crippen LogP contribution in [0.3, 0.4) is 0 Å². The molecule has 126 valence electrons. The van der Waals surface area contributed by atoms with Crippen LogP contribution >= 0.6 is 24.0 Å². The molecule has 0 aromatic heterocycles. The zero-order valence-electron chi connectivity index (χ0n) is 13.5. The number of ether oxygens (including phenoxy) is 1. The van der Waals surface area contributed by atoms with Gasteiger partial charge in [0.25, 0.3) is 0 Å². The Balaban J connectivity index is 0. The van der Waals surface area contributed by atoms with Crippen LogP contribution in [-0.2, 0) is 9.53 Å². The van der Waals surface area contributed by atoms with E-state index in [-0.39, 0.29) is 36.4 Å². The molecule has 0 rings (SSSR count). The zero-order valence-corrected chi connectivity index (χ0v) is 15.9. The highest BCUT2D eigenvalue weighted by Crippen LogP contribution is 1.89. The first kappa shape index (κ1) is 22.7. The van der Waals surface area contributed by atoms with Gasteiger partial charge in [-0.15, -0.1) is 24.0 Å². The van der Waals surface area contributed by atoms with Crippen molar-refractivity contribution in [2.75, 3.05) is 39.9 Å². The smallest absolute Gasteiger partial charge is 0.239 e. The fraction of sp³-hybridized carbons (Fsp3) is 0.857. The molecule has 0 spiro atoms. The molecule has 0 heterocycles. The molecular formula is C14H31IN4O2. The monoisotopic (exact) mass is 414 g/mol. The van der Waals surface area contributed by atoms with Crippen LogP contribution in [0, 0.1) is 0 Å². The van der Waals surface area contributed by atoms with Crippen LogP contribution in [0.1, 0.15) is 39.5 Å². The van der Waals surface area contributed by atoms with Crippen LogP contribution < -0.4 is 16.0 Å². The third-order valence-corrected chi connectivity index (χ3v) is 2.61. The molecule has 0 aromatic rings. The molecule has 6 nitrogen and oxygen atoms in total. The van der Waals surface area contributed by atoms with Crippen molar-refractivity contribution in [2.24, 2.45) is 4.99 Å². The number of hydrogen-bond donors (Lipinski definition) is 3. The Labute approximate surface area is 145 Å². The maximum atomic E-state index is 11.4. The summed E-state index contributed by atoms with van der Waals surface area (Å²) >= 11 is 0. The molecule has 1 amide bonds. The minimum atomic E-state index is -0.0160. The molecule has 0 aliphatic heterocycles. The Hall–Kier alpha value is -0.570. The molecular weight excluding hydrogens is 383 g/mol. The Morgan fingerprint density at radius 2 is 1.71 bits per heavy atom. The summed E-state index contributed by atoms with van der Waals surface area (Å²) in [6.07, 6.45) is 4.14. The summed E-state index contributed by atoms with van der Waals surface area (Å²) < 4.78 is 5.47. The van der Waals surface area contributed by atoms with Gasteiger partial charge < -0.3 is 20.7 Å². The number of carbonyl (C=O) groups is 1. The Morgan fingerprint density at radius 3 is 2.33 bits per heavy atom. The van der Waals surface area contributed by atoms with Gasteiger partial charge in [0.15, 0.2) is 5.96 Å². The molecule has 0 saturated carbocycles. The third kappa shape index (κ3) is 15.6. The van der Waals surface area contributed by atoms with Gasteiger partial charge in [-0.2, -0.15) is 0 Å². The summed E-state index contributed by atoms with van der Waals surface area (Å²) in [6, 6.07) is 0. The van der Waals surface area contributed by atoms with E-state index in [1.807, 2.05) is 6.92 Å². The summed E-state index contributed by atoms with van der Waals surface area (Å²) in [7, 11) is 1.69. The summed E-state index contributed by atoms with van der Waals surface area (Å²) in [5.74, 6) is 0.628. The lowest BCUT2D eigenvalue weighted by Crippen LogP contribution is -2.43. The maximum Gasteiger partial charge on any atom is 0.239 e. The van der Waals surface area contributed by atoms with Crippen molar-refractivity contribution in [3.63, 3.8) is 0 Å². The molecule has 0 atom stereocenters. The largest absolute Gasteiger partial charge is 0.381 e. The van der Waals surface area contributed by atoms with Crippen molar-refractivity contribution in [1.29, 1.82) is 0 Å². The summed E-state index contributed by atoms with van der Waals surface area (Å²) in [4.78, 5) is 15.5. The number of guanidine groups is 1. The van der Waals surface area contributed by atoms with E-state index in [1.165, 1.54) is 0 Å². The average Bonchev–Trinajstić information content (AvgIpc) is 2.47. The first-order valence-electron chi connectivity index (χ1n) is 7.53. The lowest BCUT2D eigenvalue weighted by Gasteiger charge is -2.11. The van der Waals surface area contributed by atoms with Crippen LogP contribution in [0.25, 0.3) is 0 Å². The van der Waals surface area contributed by atoms with Crippen LogP contribution in [0.2, 0.25) is 0 Å². The van der Waals surface area contributed by atoms with Crippen LogP contribution in [0.4, 0.5) is 0 Å². The molecule has 0 aliphatic carbocycles. The van der Waals surface area contributed by atoms with Gasteiger partial charge in [-0.3, -0.25) is 9.79 Å². The number of rotatable bonds is 11. The quantitative estimate of drug-likeness (QED) is 0.207. The first-order valence-corrected chi connectivity index (χ1v) is 7.53. The highest BCUT2D eigenvalue weighted by molar-refractivity contribution is 14.0. The van der Waals surface area contributed by atoms with E-state index >= 15 is 0 Å². The van der Waals surface area contributed by atoms with Gasteiger partial charge in [-0.05, 0) is 19.3 Å². The molecule has 0 unspecified atom stereocenters. The molecule has 0 bridgehead atoms. The summed E-state index contributed by atoms with van der Waals surface area (Å²) in [5, 5.41) is 8.93. The first-order chi connectivity index (χ1) is 9.74. The van der Waals surface area contributed by atoms with Crippen molar-refractivity contribution in [3.05, 3.63) is 0 Å². The van der Waals surface area contributed by atoms with E-state index in [2.05, 4.69) is 27.9 Å². The molecule has 0 radical (unpaired) electrons. The fourth-order valence-electron chi connectivity index (χ4n) is 1.44. The Bertz CT molecular complexity index is 276. The normalized spacial score (nSPS) is 10.7. The second-order valence-corrected chi connectivity index (χ2v) is 4.52. The van der Waals surface area contributed by atoms with Crippen molar-refractivity contribution in [1.82, 2.24) is 16.0 Å². The van der Waals surface area contributed by atoms with Crippen molar-refractivity contribution < 1.29 is 9.53 Å². The van der Waals surface area contributed by atoms with Crippen LogP contribution in [0.15, 0.2) is 4.99 Å². The molecule has 0 aliphatic rings. The van der Waals surface area contributed by atoms with Gasteiger partial charge in [0.05, 0.1) is 6.54 Å². The van der Waals surface area contributed by atoms with Gasteiger partial charge in [-0.1, -0.05) is 20.3 Å². The number of aliphatic imine (C=N–C) groups is 1. The van der Waals surface area contributed by atoms with Crippen molar-refractivity contribution in [2.45, 2.75) is 39.5 Å². The predicted molar refractivity (Wildman–Crippen MR) is 98.4 cm³/mol. The highest BCUT2D eigenvalue weighted by Gasteiger charge is 2.02. The van der Waals surface area contributed by atoms with E-state index < -0.39 is 0 Å². The van der Waals surface area contributed by atoms with E-state index in [1.54, 1.807) is 7.05 Å². The molecule has 0 fully saturated rings. The summed E-state index contributed by atoms with van der Waals surface area (Å²) in [5.41, 5.74) is 0. The lowest BCUT2D eigenvalue weighted by molar-refractivity contribution is -0.120. The Morgan fingerprint density at radius 1 is 1.00 bits per heavy atom. The van der Waals surface area contributed by atoms with E-state index in [9.17, 15) is 4.79 Å². The number of hydrogen-bond acceptors (Lipinski definition) is 3. The number of amides is 1. The van der Waals surface area contributed by atoms with Gasteiger partial charge in [0.2, 0.25) is 5.91 Å². The number of carbonyl (C=O) groups excluding carboxylic acids is 1. The predicted octanol–water partition coefficient (Wildman–Crippen LogP) is 1.50. The molecule has 0 aromatic carbocycles. The molecule has 3 N–H and O–H groups in total. The van der Waals surface area contributed by atoms with Gasteiger partial charge in [0.1, 0.15) is 0 Å². The van der Waals surface area contributed by atoms with Crippen molar-refractivity contribution >= 4 is 35.8 Å². The Kier molecular flexibility index (Phi) is 18.9. The molecule has 21 heavy (non-hydrogen) atoms. The van der Waals surface area contributed by atoms with Crippen LogP contribution in [0.5, 0.6) is 0 Å². The number of nitrogens with one attached hydrogen (secondary N) is 3. The molecule has 7 heteroatoms. The number of nitrogens with zero attached hydrogens (tertiary/aromatic N) is 1. The van der Waals surface area contributed by atoms with Gasteiger partial charge >= 0.3 is 0 Å². The molecule has 0 saturated heterocycles. The average molecular weight is 414 g/mol. The van der Waals surface area contributed by atoms with Gasteiger partial charge in [-0.25, -0.2) is 0 Å². The zero-order chi connectivity index (χ0) is 15.1. The standard InChI is InChI=1S/C14H30N4O2.HI/c1-4-6-10-20-11-7-9-17-14(15-3)18-12-13(19)16-8-5-2;/h4-12H2,1-3H3,(H,16,19)(H2,15,17,18);1H. The van der Waals surface area contributed by atoms with Gasteiger partial charge in [0, 0.05) is 33.4 Å². The van der Waals surface area contributed by atoms with E-state index in [0.717, 1.165) is 45.4 Å². The topological polar surface area (TPSA) is 74.8 Å². The highest BCUT2D eigenvalue weighted by atomic mass is 127. The SMILES string of the molecule is CCCCOCCCNC(=NC)NCC(=O)NCCC.I. The summed E-state index contributed by atoms with van der Waals surface area (Å²) in [6.45, 7) is 7.49. The second-order valence-electron chi connectivity index (χ2n) is 4.52. The third-order valence-electron chi connectivity index (χ3n) is 2.61. The maximum absolute atomic E-state index is 11.4. The van der Waals surface area contributed by atoms with E-state index in [4.69, 9.17) is 4.74 Å².